The van der Waals surface area contributed by atoms with E-state index in [0.29, 0.717) is 12.1 Å². The number of aromatic nitrogens is 2. The van der Waals surface area contributed by atoms with Crippen molar-refractivity contribution in [3.05, 3.63) is 45.4 Å². The second kappa shape index (κ2) is 5.07. The van der Waals surface area contributed by atoms with Crippen molar-refractivity contribution in [1.82, 2.24) is 15.3 Å². The van der Waals surface area contributed by atoms with Crippen LogP contribution in [0.4, 0.5) is 0 Å². The molecule has 19 heavy (non-hydrogen) atoms. The molecule has 6 heteroatoms. The normalized spacial score (nSPS) is 10.8. The number of thiazole rings is 2. The Morgan fingerprint density at radius 1 is 1.37 bits per heavy atom. The van der Waals surface area contributed by atoms with Gasteiger partial charge in [0.1, 0.15) is 0 Å². The Labute approximate surface area is 118 Å². The fourth-order valence-corrected chi connectivity index (χ4v) is 3.03. The summed E-state index contributed by atoms with van der Waals surface area (Å²) in [5, 5.41) is 5.83. The number of hydrogen-bond donors (Lipinski definition) is 1. The van der Waals surface area contributed by atoms with E-state index in [4.69, 9.17) is 0 Å². The van der Waals surface area contributed by atoms with E-state index in [0.717, 1.165) is 20.9 Å². The molecule has 0 atom stereocenters. The van der Waals surface area contributed by atoms with E-state index < -0.39 is 0 Å². The number of nitrogens with zero attached hydrogens (tertiary/aromatic N) is 2. The number of fused-ring (bicyclic) bond motifs is 1. The zero-order valence-electron chi connectivity index (χ0n) is 10.2. The van der Waals surface area contributed by atoms with E-state index >= 15 is 0 Å². The minimum absolute atomic E-state index is 0.0967. The summed E-state index contributed by atoms with van der Waals surface area (Å²) in [4.78, 5) is 20.6. The van der Waals surface area contributed by atoms with Crippen LogP contribution in [0, 0.1) is 6.92 Å². The smallest absolute Gasteiger partial charge is 0.251 e. The number of carbonyl (C=O) groups excluding carboxylic acids is 1. The predicted octanol–water partition coefficient (Wildman–Crippen LogP) is 2.99. The van der Waals surface area contributed by atoms with E-state index in [1.807, 2.05) is 30.5 Å². The van der Waals surface area contributed by atoms with Gasteiger partial charge in [0, 0.05) is 10.9 Å². The fourth-order valence-electron chi connectivity index (χ4n) is 1.76. The standard InChI is InChI=1S/C13H11N3OS2/c1-8-16-10(6-18-8)5-14-13(17)9-2-3-12-11(4-9)15-7-19-12/h2-4,6-7H,5H2,1H3,(H,14,17). The van der Waals surface area contributed by atoms with Gasteiger partial charge in [0.15, 0.2) is 0 Å². The Morgan fingerprint density at radius 2 is 2.26 bits per heavy atom. The predicted molar refractivity (Wildman–Crippen MR) is 77.6 cm³/mol. The third-order valence-corrected chi connectivity index (χ3v) is 4.32. The molecule has 0 radical (unpaired) electrons. The summed E-state index contributed by atoms with van der Waals surface area (Å²) in [6.45, 7) is 2.41. The highest BCUT2D eigenvalue weighted by atomic mass is 32.1. The molecule has 3 aromatic rings. The number of carbonyl (C=O) groups is 1. The van der Waals surface area contributed by atoms with Crippen molar-refractivity contribution in [2.45, 2.75) is 13.5 Å². The number of aryl methyl sites for hydroxylation is 1. The summed E-state index contributed by atoms with van der Waals surface area (Å²) in [6.07, 6.45) is 0. The number of benzene rings is 1. The topological polar surface area (TPSA) is 54.9 Å². The van der Waals surface area contributed by atoms with Gasteiger partial charge in [0.25, 0.3) is 5.91 Å². The minimum Gasteiger partial charge on any atom is -0.346 e. The summed E-state index contributed by atoms with van der Waals surface area (Å²) in [5.41, 5.74) is 4.17. The molecule has 1 N–H and O–H groups in total. The van der Waals surface area contributed by atoms with Crippen LogP contribution >= 0.6 is 22.7 Å². The van der Waals surface area contributed by atoms with Gasteiger partial charge >= 0.3 is 0 Å². The lowest BCUT2D eigenvalue weighted by molar-refractivity contribution is 0.0950. The van der Waals surface area contributed by atoms with Crippen molar-refractivity contribution in [3.63, 3.8) is 0 Å². The first-order valence-corrected chi connectivity index (χ1v) is 7.51. The van der Waals surface area contributed by atoms with Crippen molar-refractivity contribution in [1.29, 1.82) is 0 Å². The van der Waals surface area contributed by atoms with Gasteiger partial charge in [-0.15, -0.1) is 22.7 Å². The Morgan fingerprint density at radius 3 is 3.05 bits per heavy atom. The molecule has 96 valence electrons. The highest BCUT2D eigenvalue weighted by Crippen LogP contribution is 2.18. The maximum absolute atomic E-state index is 12.0. The van der Waals surface area contributed by atoms with Crippen LogP contribution in [0.1, 0.15) is 21.1 Å². The van der Waals surface area contributed by atoms with E-state index in [2.05, 4.69) is 15.3 Å². The molecule has 2 heterocycles. The van der Waals surface area contributed by atoms with Gasteiger partial charge in [0.2, 0.25) is 0 Å². The Hall–Kier alpha value is -1.79. The molecule has 4 nitrogen and oxygen atoms in total. The molecule has 0 aliphatic carbocycles. The second-order valence-corrected chi connectivity index (χ2v) is 6.02. The molecule has 3 rings (SSSR count). The lowest BCUT2D eigenvalue weighted by atomic mass is 10.2. The molecule has 0 spiro atoms. The first-order valence-electron chi connectivity index (χ1n) is 5.75. The van der Waals surface area contributed by atoms with Crippen molar-refractivity contribution in [3.8, 4) is 0 Å². The van der Waals surface area contributed by atoms with E-state index in [1.54, 1.807) is 28.2 Å². The average Bonchev–Trinajstić information content (AvgIpc) is 3.03. The van der Waals surface area contributed by atoms with Crippen LogP contribution in [-0.4, -0.2) is 15.9 Å². The number of hydrogen-bond acceptors (Lipinski definition) is 5. The first-order chi connectivity index (χ1) is 9.22. The molecule has 0 aliphatic rings. The Kier molecular flexibility index (Phi) is 3.27. The van der Waals surface area contributed by atoms with Crippen LogP contribution in [0.5, 0.6) is 0 Å². The largest absolute Gasteiger partial charge is 0.346 e. The first kappa shape index (κ1) is 12.3. The summed E-state index contributed by atoms with van der Waals surface area (Å²) >= 11 is 3.15. The molecule has 0 saturated heterocycles. The molecule has 2 aromatic heterocycles. The van der Waals surface area contributed by atoms with Gasteiger partial charge in [0.05, 0.1) is 33.0 Å². The van der Waals surface area contributed by atoms with Gasteiger partial charge in [-0.05, 0) is 25.1 Å². The van der Waals surface area contributed by atoms with Gasteiger partial charge in [-0.25, -0.2) is 9.97 Å². The Balaban J connectivity index is 1.72. The van der Waals surface area contributed by atoms with Gasteiger partial charge in [-0.2, -0.15) is 0 Å². The SMILES string of the molecule is Cc1nc(CNC(=O)c2ccc3scnc3c2)cs1. The zero-order valence-corrected chi connectivity index (χ0v) is 11.8. The second-order valence-electron chi connectivity index (χ2n) is 4.08. The van der Waals surface area contributed by atoms with Crippen LogP contribution in [0.25, 0.3) is 10.2 Å². The quantitative estimate of drug-likeness (QED) is 0.806. The van der Waals surface area contributed by atoms with Crippen LogP contribution in [0.3, 0.4) is 0 Å². The molecule has 0 fully saturated rings. The van der Waals surface area contributed by atoms with Crippen LogP contribution in [0.15, 0.2) is 29.1 Å². The van der Waals surface area contributed by atoms with Gasteiger partial charge < -0.3 is 5.32 Å². The maximum Gasteiger partial charge on any atom is 0.251 e. The summed E-state index contributed by atoms with van der Waals surface area (Å²) in [6, 6.07) is 5.56. The third-order valence-electron chi connectivity index (χ3n) is 2.69. The summed E-state index contributed by atoms with van der Waals surface area (Å²) in [5.74, 6) is -0.0967. The van der Waals surface area contributed by atoms with Crippen LogP contribution < -0.4 is 5.32 Å². The van der Waals surface area contributed by atoms with Crippen molar-refractivity contribution in [2.75, 3.05) is 0 Å². The maximum atomic E-state index is 12.0. The monoisotopic (exact) mass is 289 g/mol. The van der Waals surface area contributed by atoms with Crippen LogP contribution in [-0.2, 0) is 6.54 Å². The summed E-state index contributed by atoms with van der Waals surface area (Å²) < 4.78 is 1.09. The number of rotatable bonds is 3. The molecule has 0 saturated carbocycles. The number of nitrogens with one attached hydrogen (secondary N) is 1. The van der Waals surface area contributed by atoms with Crippen molar-refractivity contribution >= 4 is 38.8 Å². The molecule has 1 amide bonds. The lowest BCUT2D eigenvalue weighted by Crippen LogP contribution is -2.22. The molecular formula is C13H11N3OS2. The van der Waals surface area contributed by atoms with E-state index in [9.17, 15) is 4.79 Å². The summed E-state index contributed by atoms with van der Waals surface area (Å²) in [7, 11) is 0. The fraction of sp³-hybridized carbons (Fsp3) is 0.154. The van der Waals surface area contributed by atoms with Crippen molar-refractivity contribution < 1.29 is 4.79 Å². The third kappa shape index (κ3) is 2.64. The molecular weight excluding hydrogens is 278 g/mol. The van der Waals surface area contributed by atoms with E-state index in [-0.39, 0.29) is 5.91 Å². The highest BCUT2D eigenvalue weighted by molar-refractivity contribution is 7.16. The molecule has 0 aliphatic heterocycles. The van der Waals surface area contributed by atoms with Gasteiger partial charge in [-0.3, -0.25) is 4.79 Å². The lowest BCUT2D eigenvalue weighted by Gasteiger charge is -2.03. The molecule has 1 aromatic carbocycles. The zero-order chi connectivity index (χ0) is 13.2. The average molecular weight is 289 g/mol. The molecule has 0 unspecified atom stereocenters. The highest BCUT2D eigenvalue weighted by Gasteiger charge is 2.08. The van der Waals surface area contributed by atoms with Crippen molar-refractivity contribution in [2.24, 2.45) is 0 Å². The van der Waals surface area contributed by atoms with E-state index in [1.165, 1.54) is 0 Å². The van der Waals surface area contributed by atoms with Gasteiger partial charge in [-0.1, -0.05) is 0 Å². The minimum atomic E-state index is -0.0967. The molecule has 0 bridgehead atoms. The Bertz CT molecular complexity index is 732. The number of amides is 1. The van der Waals surface area contributed by atoms with Crippen LogP contribution in [0.2, 0.25) is 0 Å².